The molecule has 11 heteroatoms. The third kappa shape index (κ3) is 6.42. The maximum Gasteiger partial charge on any atom is 0.416 e. The molecule has 3 aromatic rings. The van der Waals surface area contributed by atoms with Gasteiger partial charge in [-0.2, -0.15) is 18.3 Å². The maximum atomic E-state index is 13.1. The Bertz CT molecular complexity index is 1210. The molecule has 8 nitrogen and oxygen atoms in total. The Hall–Kier alpha value is -4.15. The minimum absolute atomic E-state index is 0.0200. The SMILES string of the molecule is CC(=O)Nc1ccc(C(F)(F)F)cc1NC(=O)c1ccc(=O)n(CCOc2ccccc2)n1. The summed E-state index contributed by atoms with van der Waals surface area (Å²) >= 11 is 0. The third-order valence-electron chi connectivity index (χ3n) is 4.32. The Labute approximate surface area is 186 Å². The molecule has 0 spiro atoms. The van der Waals surface area contributed by atoms with Crippen LogP contribution in [0.15, 0.2) is 65.5 Å². The number of anilines is 2. The van der Waals surface area contributed by atoms with E-state index in [9.17, 15) is 27.6 Å². The highest BCUT2D eigenvalue weighted by atomic mass is 19.4. The zero-order chi connectivity index (χ0) is 24.0. The van der Waals surface area contributed by atoms with E-state index in [-0.39, 0.29) is 30.2 Å². The fourth-order valence-electron chi connectivity index (χ4n) is 2.81. The van der Waals surface area contributed by atoms with Crippen molar-refractivity contribution in [1.82, 2.24) is 9.78 Å². The second-order valence-corrected chi connectivity index (χ2v) is 6.83. The highest BCUT2D eigenvalue weighted by Gasteiger charge is 2.31. The van der Waals surface area contributed by atoms with Crippen molar-refractivity contribution in [2.24, 2.45) is 0 Å². The minimum atomic E-state index is -4.65. The van der Waals surface area contributed by atoms with Crippen LogP contribution >= 0.6 is 0 Å². The summed E-state index contributed by atoms with van der Waals surface area (Å²) in [5, 5.41) is 8.63. The molecule has 1 aromatic heterocycles. The highest BCUT2D eigenvalue weighted by molar-refractivity contribution is 6.06. The average molecular weight is 460 g/mol. The van der Waals surface area contributed by atoms with Crippen molar-refractivity contribution in [1.29, 1.82) is 0 Å². The molecule has 0 unspecified atom stereocenters. The topological polar surface area (TPSA) is 102 Å². The molecule has 0 fully saturated rings. The lowest BCUT2D eigenvalue weighted by atomic mass is 10.1. The average Bonchev–Trinajstić information content (AvgIpc) is 2.76. The molecule has 2 aromatic carbocycles. The van der Waals surface area contributed by atoms with Crippen molar-refractivity contribution in [3.8, 4) is 5.75 Å². The van der Waals surface area contributed by atoms with Crippen LogP contribution in [0.1, 0.15) is 23.0 Å². The Morgan fingerprint density at radius 2 is 1.73 bits per heavy atom. The molecule has 0 atom stereocenters. The summed E-state index contributed by atoms with van der Waals surface area (Å²) in [7, 11) is 0. The standard InChI is InChI=1S/C22H19F3N4O4/c1-14(30)26-17-8-7-15(22(23,24)25)13-19(17)27-21(32)18-9-10-20(31)29(28-18)11-12-33-16-5-3-2-4-6-16/h2-10,13H,11-12H2,1H3,(H,26,30)(H,27,32). The van der Waals surface area contributed by atoms with Crippen molar-refractivity contribution < 1.29 is 27.5 Å². The number of halogens is 3. The van der Waals surface area contributed by atoms with E-state index in [0.717, 1.165) is 28.9 Å². The maximum absolute atomic E-state index is 13.1. The van der Waals surface area contributed by atoms with Gasteiger partial charge >= 0.3 is 6.18 Å². The summed E-state index contributed by atoms with van der Waals surface area (Å²) in [6.45, 7) is 1.32. The van der Waals surface area contributed by atoms with Crippen molar-refractivity contribution in [3.05, 3.63) is 82.3 Å². The number of carbonyl (C=O) groups excluding carboxylic acids is 2. The Kier molecular flexibility index (Phi) is 7.11. The number of carbonyl (C=O) groups is 2. The molecule has 0 saturated carbocycles. The molecule has 0 aliphatic rings. The van der Waals surface area contributed by atoms with Gasteiger partial charge in [0.05, 0.1) is 23.5 Å². The van der Waals surface area contributed by atoms with Gasteiger partial charge < -0.3 is 15.4 Å². The van der Waals surface area contributed by atoms with E-state index in [2.05, 4.69) is 15.7 Å². The number of nitrogens with zero attached hydrogens (tertiary/aromatic N) is 2. The van der Waals surface area contributed by atoms with Crippen LogP contribution in [-0.2, 0) is 17.5 Å². The molecule has 2 amide bonds. The summed E-state index contributed by atoms with van der Waals surface area (Å²) in [6, 6.07) is 13.7. The summed E-state index contributed by atoms with van der Waals surface area (Å²) in [5.74, 6) is -0.802. The number of para-hydroxylation sites is 1. The highest BCUT2D eigenvalue weighted by Crippen LogP contribution is 2.34. The lowest BCUT2D eigenvalue weighted by molar-refractivity contribution is -0.137. The first-order valence-electron chi connectivity index (χ1n) is 9.69. The zero-order valence-electron chi connectivity index (χ0n) is 17.3. The summed E-state index contributed by atoms with van der Waals surface area (Å²) in [4.78, 5) is 36.1. The molecule has 2 N–H and O–H groups in total. The zero-order valence-corrected chi connectivity index (χ0v) is 17.3. The van der Waals surface area contributed by atoms with Crippen LogP contribution in [-0.4, -0.2) is 28.2 Å². The summed E-state index contributed by atoms with van der Waals surface area (Å²) in [5.41, 5.74) is -1.99. The van der Waals surface area contributed by atoms with E-state index in [4.69, 9.17) is 4.74 Å². The number of alkyl halides is 3. The van der Waals surface area contributed by atoms with E-state index < -0.39 is 29.1 Å². The van der Waals surface area contributed by atoms with E-state index in [1.165, 1.54) is 6.92 Å². The summed E-state index contributed by atoms with van der Waals surface area (Å²) < 4.78 is 45.8. The lowest BCUT2D eigenvalue weighted by Crippen LogP contribution is -2.28. The number of hydrogen-bond acceptors (Lipinski definition) is 5. The van der Waals surface area contributed by atoms with Gasteiger partial charge in [0, 0.05) is 13.0 Å². The van der Waals surface area contributed by atoms with E-state index >= 15 is 0 Å². The smallest absolute Gasteiger partial charge is 0.416 e. The third-order valence-corrected chi connectivity index (χ3v) is 4.32. The fourth-order valence-corrected chi connectivity index (χ4v) is 2.81. The molecule has 0 saturated heterocycles. The summed E-state index contributed by atoms with van der Waals surface area (Å²) in [6.07, 6.45) is -4.65. The normalized spacial score (nSPS) is 11.0. The van der Waals surface area contributed by atoms with Gasteiger partial charge in [-0.1, -0.05) is 18.2 Å². The molecular formula is C22H19F3N4O4. The molecule has 0 aliphatic heterocycles. The fraction of sp³-hybridized carbons (Fsp3) is 0.182. The van der Waals surface area contributed by atoms with Gasteiger partial charge in [-0.05, 0) is 36.4 Å². The van der Waals surface area contributed by atoms with Crippen LogP contribution in [0.4, 0.5) is 24.5 Å². The molecule has 1 heterocycles. The number of aromatic nitrogens is 2. The van der Waals surface area contributed by atoms with Crippen LogP contribution in [0.3, 0.4) is 0 Å². The first-order valence-corrected chi connectivity index (χ1v) is 9.69. The van der Waals surface area contributed by atoms with Crippen molar-refractivity contribution in [2.45, 2.75) is 19.6 Å². The molecule has 0 bridgehead atoms. The second kappa shape index (κ2) is 9.98. The number of amides is 2. The predicted octanol–water partition coefficient (Wildman–Crippen LogP) is 3.55. The Balaban J connectivity index is 1.79. The lowest BCUT2D eigenvalue weighted by Gasteiger charge is -2.15. The second-order valence-electron chi connectivity index (χ2n) is 6.83. The number of rotatable bonds is 7. The van der Waals surface area contributed by atoms with Gasteiger partial charge in [0.2, 0.25) is 5.91 Å². The van der Waals surface area contributed by atoms with Crippen LogP contribution in [0.25, 0.3) is 0 Å². The van der Waals surface area contributed by atoms with Gasteiger partial charge in [-0.25, -0.2) is 4.68 Å². The number of nitrogens with one attached hydrogen (secondary N) is 2. The number of benzene rings is 2. The van der Waals surface area contributed by atoms with Gasteiger partial charge in [0.15, 0.2) is 0 Å². The van der Waals surface area contributed by atoms with Gasteiger partial charge in [0.25, 0.3) is 11.5 Å². The van der Waals surface area contributed by atoms with Gasteiger partial charge in [-0.3, -0.25) is 14.4 Å². The van der Waals surface area contributed by atoms with Crippen LogP contribution in [0.2, 0.25) is 0 Å². The Morgan fingerprint density at radius 3 is 2.39 bits per heavy atom. The molecule has 0 radical (unpaired) electrons. The quantitative estimate of drug-likeness (QED) is 0.562. The van der Waals surface area contributed by atoms with Crippen LogP contribution in [0.5, 0.6) is 5.75 Å². The number of hydrogen-bond donors (Lipinski definition) is 2. The molecule has 3 rings (SSSR count). The van der Waals surface area contributed by atoms with E-state index in [1.807, 2.05) is 6.07 Å². The van der Waals surface area contributed by atoms with Gasteiger partial charge in [0.1, 0.15) is 18.1 Å². The first-order chi connectivity index (χ1) is 15.6. The van der Waals surface area contributed by atoms with Crippen LogP contribution in [0, 0.1) is 0 Å². The molecular weight excluding hydrogens is 441 g/mol. The van der Waals surface area contributed by atoms with Crippen molar-refractivity contribution in [2.75, 3.05) is 17.2 Å². The minimum Gasteiger partial charge on any atom is -0.492 e. The van der Waals surface area contributed by atoms with E-state index in [1.54, 1.807) is 24.3 Å². The van der Waals surface area contributed by atoms with Crippen LogP contribution < -0.4 is 20.9 Å². The molecule has 33 heavy (non-hydrogen) atoms. The predicted molar refractivity (Wildman–Crippen MR) is 114 cm³/mol. The van der Waals surface area contributed by atoms with E-state index in [0.29, 0.717) is 11.8 Å². The number of ether oxygens (including phenoxy) is 1. The van der Waals surface area contributed by atoms with Gasteiger partial charge in [-0.15, -0.1) is 0 Å². The Morgan fingerprint density at radius 1 is 1.00 bits per heavy atom. The van der Waals surface area contributed by atoms with Crippen molar-refractivity contribution >= 4 is 23.2 Å². The monoisotopic (exact) mass is 460 g/mol. The van der Waals surface area contributed by atoms with Crippen molar-refractivity contribution in [3.63, 3.8) is 0 Å². The molecule has 0 aliphatic carbocycles. The largest absolute Gasteiger partial charge is 0.492 e. The first kappa shape index (κ1) is 23.5. The molecule has 172 valence electrons.